The minimum Gasteiger partial charge on any atom is -0.342 e. The lowest BCUT2D eigenvalue weighted by molar-refractivity contribution is -0.144. The topological polar surface area (TPSA) is 69.7 Å². The number of aryl methyl sites for hydroxylation is 1. The van der Waals surface area contributed by atoms with E-state index < -0.39 is 11.8 Å². The van der Waals surface area contributed by atoms with Crippen LogP contribution in [0.4, 0.5) is 5.69 Å². The maximum Gasteiger partial charge on any atom is 0.313 e. The van der Waals surface area contributed by atoms with Crippen LogP contribution in [-0.4, -0.2) is 54.2 Å². The molecular formula is C14H17N3O3. The van der Waals surface area contributed by atoms with E-state index in [2.05, 4.69) is 5.32 Å². The summed E-state index contributed by atoms with van der Waals surface area (Å²) >= 11 is 0. The first-order chi connectivity index (χ1) is 9.60. The summed E-state index contributed by atoms with van der Waals surface area (Å²) in [7, 11) is 0. The smallest absolute Gasteiger partial charge is 0.313 e. The SMILES string of the molecule is Cc1cccc(NC(=O)C(=O)N2CCN(C=O)CC2)c1. The van der Waals surface area contributed by atoms with E-state index >= 15 is 0 Å². The molecule has 1 heterocycles. The molecule has 0 aromatic heterocycles. The predicted molar refractivity (Wildman–Crippen MR) is 74.0 cm³/mol. The van der Waals surface area contributed by atoms with Gasteiger partial charge in [0.05, 0.1) is 0 Å². The predicted octanol–water partition coefficient (Wildman–Crippen LogP) is 0.234. The Hall–Kier alpha value is -2.37. The molecule has 0 saturated carbocycles. The molecule has 1 aliphatic heterocycles. The Labute approximate surface area is 117 Å². The molecular weight excluding hydrogens is 258 g/mol. The maximum absolute atomic E-state index is 12.0. The number of anilines is 1. The zero-order chi connectivity index (χ0) is 14.5. The fraction of sp³-hybridized carbons (Fsp3) is 0.357. The van der Waals surface area contributed by atoms with Gasteiger partial charge < -0.3 is 15.1 Å². The lowest BCUT2D eigenvalue weighted by atomic mass is 10.2. The summed E-state index contributed by atoms with van der Waals surface area (Å²) in [4.78, 5) is 37.5. The summed E-state index contributed by atoms with van der Waals surface area (Å²) in [5, 5.41) is 2.59. The van der Waals surface area contributed by atoms with Crippen LogP contribution < -0.4 is 5.32 Å². The summed E-state index contributed by atoms with van der Waals surface area (Å²) in [6, 6.07) is 7.27. The van der Waals surface area contributed by atoms with Gasteiger partial charge in [0.25, 0.3) is 0 Å². The number of piperazine rings is 1. The maximum atomic E-state index is 12.0. The number of hydrogen-bond acceptors (Lipinski definition) is 3. The average molecular weight is 275 g/mol. The lowest BCUT2D eigenvalue weighted by Gasteiger charge is -2.31. The monoisotopic (exact) mass is 275 g/mol. The fourth-order valence-corrected chi connectivity index (χ4v) is 2.08. The van der Waals surface area contributed by atoms with Crippen molar-refractivity contribution in [2.24, 2.45) is 0 Å². The summed E-state index contributed by atoms with van der Waals surface area (Å²) in [6.07, 6.45) is 0.759. The van der Waals surface area contributed by atoms with Gasteiger partial charge in [0.15, 0.2) is 0 Å². The van der Waals surface area contributed by atoms with E-state index in [0.29, 0.717) is 31.9 Å². The zero-order valence-corrected chi connectivity index (χ0v) is 11.3. The van der Waals surface area contributed by atoms with Crippen LogP contribution in [0, 0.1) is 6.92 Å². The molecule has 1 aromatic rings. The second kappa shape index (κ2) is 6.18. The third kappa shape index (κ3) is 3.34. The highest BCUT2D eigenvalue weighted by Crippen LogP contribution is 2.10. The number of nitrogens with zero attached hydrogens (tertiary/aromatic N) is 2. The number of rotatable bonds is 2. The van der Waals surface area contributed by atoms with Crippen molar-refractivity contribution in [3.63, 3.8) is 0 Å². The number of carbonyl (C=O) groups is 3. The highest BCUT2D eigenvalue weighted by atomic mass is 16.2. The highest BCUT2D eigenvalue weighted by molar-refractivity contribution is 6.39. The van der Waals surface area contributed by atoms with Crippen LogP contribution in [0.3, 0.4) is 0 Å². The molecule has 6 nitrogen and oxygen atoms in total. The minimum atomic E-state index is -0.643. The first-order valence-corrected chi connectivity index (χ1v) is 6.46. The van der Waals surface area contributed by atoms with E-state index in [1.165, 1.54) is 4.90 Å². The Balaban J connectivity index is 1.92. The van der Waals surface area contributed by atoms with Gasteiger partial charge in [0.1, 0.15) is 0 Å². The van der Waals surface area contributed by atoms with Crippen LogP contribution in [0.15, 0.2) is 24.3 Å². The molecule has 2 rings (SSSR count). The molecule has 106 valence electrons. The summed E-state index contributed by atoms with van der Waals surface area (Å²) in [6.45, 7) is 3.62. The molecule has 1 aromatic carbocycles. The molecule has 0 radical (unpaired) electrons. The Morgan fingerprint density at radius 1 is 1.20 bits per heavy atom. The van der Waals surface area contributed by atoms with Gasteiger partial charge in [0.2, 0.25) is 6.41 Å². The van der Waals surface area contributed by atoms with Crippen molar-refractivity contribution in [3.05, 3.63) is 29.8 Å². The van der Waals surface area contributed by atoms with Gasteiger partial charge in [0, 0.05) is 31.9 Å². The Morgan fingerprint density at radius 3 is 2.50 bits per heavy atom. The standard InChI is InChI=1S/C14H17N3O3/c1-11-3-2-4-12(9-11)15-13(19)14(20)17-7-5-16(10-18)6-8-17/h2-4,9-10H,5-8H2,1H3,(H,15,19). The summed E-state index contributed by atoms with van der Waals surface area (Å²) < 4.78 is 0. The second-order valence-corrected chi connectivity index (χ2v) is 4.76. The Kier molecular flexibility index (Phi) is 4.34. The minimum absolute atomic E-state index is 0.388. The quantitative estimate of drug-likeness (QED) is 0.620. The number of benzene rings is 1. The van der Waals surface area contributed by atoms with Crippen molar-refractivity contribution in [2.75, 3.05) is 31.5 Å². The van der Waals surface area contributed by atoms with E-state index in [1.54, 1.807) is 17.0 Å². The van der Waals surface area contributed by atoms with Crippen molar-refractivity contribution in [3.8, 4) is 0 Å². The number of carbonyl (C=O) groups excluding carboxylic acids is 3. The van der Waals surface area contributed by atoms with Crippen molar-refractivity contribution < 1.29 is 14.4 Å². The largest absolute Gasteiger partial charge is 0.342 e. The van der Waals surface area contributed by atoms with Gasteiger partial charge in [-0.2, -0.15) is 0 Å². The summed E-state index contributed by atoms with van der Waals surface area (Å²) in [5.74, 6) is -1.20. The molecule has 0 atom stereocenters. The molecule has 3 amide bonds. The van der Waals surface area contributed by atoms with Gasteiger partial charge in [-0.05, 0) is 24.6 Å². The molecule has 1 aliphatic rings. The van der Waals surface area contributed by atoms with E-state index in [1.807, 2.05) is 19.1 Å². The molecule has 1 N–H and O–H groups in total. The molecule has 0 aliphatic carbocycles. The fourth-order valence-electron chi connectivity index (χ4n) is 2.08. The van der Waals surface area contributed by atoms with Crippen molar-refractivity contribution >= 4 is 23.9 Å². The Morgan fingerprint density at radius 2 is 1.90 bits per heavy atom. The van der Waals surface area contributed by atoms with Gasteiger partial charge in [-0.3, -0.25) is 14.4 Å². The van der Waals surface area contributed by atoms with Crippen molar-refractivity contribution in [1.82, 2.24) is 9.80 Å². The van der Waals surface area contributed by atoms with Crippen LogP contribution >= 0.6 is 0 Å². The van der Waals surface area contributed by atoms with E-state index in [-0.39, 0.29) is 0 Å². The Bertz CT molecular complexity index is 522. The first-order valence-electron chi connectivity index (χ1n) is 6.46. The molecule has 6 heteroatoms. The molecule has 1 saturated heterocycles. The summed E-state index contributed by atoms with van der Waals surface area (Å²) in [5.41, 5.74) is 1.62. The highest BCUT2D eigenvalue weighted by Gasteiger charge is 2.25. The average Bonchev–Trinajstić information content (AvgIpc) is 2.46. The van der Waals surface area contributed by atoms with Gasteiger partial charge in [-0.1, -0.05) is 12.1 Å². The molecule has 20 heavy (non-hydrogen) atoms. The van der Waals surface area contributed by atoms with Gasteiger partial charge >= 0.3 is 11.8 Å². The number of nitrogens with one attached hydrogen (secondary N) is 1. The number of amides is 3. The molecule has 0 unspecified atom stereocenters. The van der Waals surface area contributed by atoms with Gasteiger partial charge in [-0.25, -0.2) is 0 Å². The molecule has 1 fully saturated rings. The van der Waals surface area contributed by atoms with Crippen LogP contribution in [0.25, 0.3) is 0 Å². The normalized spacial score (nSPS) is 14.8. The zero-order valence-electron chi connectivity index (χ0n) is 11.3. The second-order valence-electron chi connectivity index (χ2n) is 4.76. The van der Waals surface area contributed by atoms with Crippen LogP contribution in [-0.2, 0) is 14.4 Å². The van der Waals surface area contributed by atoms with E-state index in [9.17, 15) is 14.4 Å². The molecule has 0 bridgehead atoms. The van der Waals surface area contributed by atoms with Crippen LogP contribution in [0.5, 0.6) is 0 Å². The third-order valence-electron chi connectivity index (χ3n) is 3.22. The first kappa shape index (κ1) is 14.0. The lowest BCUT2D eigenvalue weighted by Crippen LogP contribution is -2.51. The van der Waals surface area contributed by atoms with E-state index in [0.717, 1.165) is 12.0 Å². The van der Waals surface area contributed by atoms with E-state index in [4.69, 9.17) is 0 Å². The van der Waals surface area contributed by atoms with Gasteiger partial charge in [-0.15, -0.1) is 0 Å². The van der Waals surface area contributed by atoms with Crippen molar-refractivity contribution in [2.45, 2.75) is 6.92 Å². The third-order valence-corrected chi connectivity index (χ3v) is 3.22. The molecule has 0 spiro atoms. The van der Waals surface area contributed by atoms with Crippen LogP contribution in [0.1, 0.15) is 5.56 Å². The number of hydrogen-bond donors (Lipinski definition) is 1. The van der Waals surface area contributed by atoms with Crippen molar-refractivity contribution in [1.29, 1.82) is 0 Å². The van der Waals surface area contributed by atoms with Crippen LogP contribution in [0.2, 0.25) is 0 Å².